The van der Waals surface area contributed by atoms with Gasteiger partial charge in [-0.05, 0) is 37.5 Å². The van der Waals surface area contributed by atoms with Crippen molar-refractivity contribution in [3.63, 3.8) is 0 Å². The van der Waals surface area contributed by atoms with E-state index in [9.17, 15) is 0 Å². The Morgan fingerprint density at radius 3 is 3.00 bits per heavy atom. The lowest BCUT2D eigenvalue weighted by Crippen LogP contribution is -2.65. The maximum atomic E-state index is 6.07. The van der Waals surface area contributed by atoms with Crippen LogP contribution < -0.4 is 15.8 Å². The van der Waals surface area contributed by atoms with Gasteiger partial charge in [-0.25, -0.2) is 9.55 Å². The number of hydrogen-bond acceptors (Lipinski definition) is 3. The molecule has 0 atom stereocenters. The van der Waals surface area contributed by atoms with Crippen LogP contribution in [0.25, 0.3) is 17.2 Å². The first kappa shape index (κ1) is 12.2. The molecular formula is C16H15BN3O+. The van der Waals surface area contributed by atoms with Crippen LogP contribution in [-0.2, 0) is 7.05 Å². The zero-order chi connectivity index (χ0) is 14.4. The Labute approximate surface area is 123 Å². The van der Waals surface area contributed by atoms with Gasteiger partial charge in [0.2, 0.25) is 5.71 Å². The molecule has 0 bridgehead atoms. The number of pyridine rings is 2. The van der Waals surface area contributed by atoms with E-state index in [1.54, 1.807) is 6.20 Å². The molecule has 0 spiro atoms. The van der Waals surface area contributed by atoms with Crippen LogP contribution in [0.4, 0.5) is 0 Å². The first-order chi connectivity index (χ1) is 10.3. The minimum atomic E-state index is 0.0606. The molecule has 0 amide bonds. The van der Waals surface area contributed by atoms with E-state index in [1.165, 1.54) is 5.59 Å². The monoisotopic (exact) mass is 276 g/mol. The van der Waals surface area contributed by atoms with E-state index < -0.39 is 0 Å². The van der Waals surface area contributed by atoms with E-state index in [0.29, 0.717) is 5.71 Å². The minimum absolute atomic E-state index is 0.0606. The zero-order valence-electron chi connectivity index (χ0n) is 12.0. The predicted octanol–water partition coefficient (Wildman–Crippen LogP) is 0.674. The number of hydrogen-bond donors (Lipinski definition) is 0. The number of aromatic nitrogens is 2. The molecule has 0 radical (unpaired) electrons. The van der Waals surface area contributed by atoms with Gasteiger partial charge in [0.25, 0.3) is 0 Å². The lowest BCUT2D eigenvalue weighted by Gasteiger charge is -2.23. The van der Waals surface area contributed by atoms with Crippen molar-refractivity contribution in [2.24, 2.45) is 7.05 Å². The molecule has 4 nitrogen and oxygen atoms in total. The lowest BCUT2D eigenvalue weighted by molar-refractivity contribution is -0.654. The van der Waals surface area contributed by atoms with E-state index in [0.717, 1.165) is 16.6 Å². The van der Waals surface area contributed by atoms with E-state index in [-0.39, 0.29) is 6.85 Å². The van der Waals surface area contributed by atoms with Crippen molar-refractivity contribution in [2.45, 2.75) is 0 Å². The fourth-order valence-corrected chi connectivity index (χ4v) is 2.97. The third kappa shape index (κ3) is 1.77. The second-order valence-corrected chi connectivity index (χ2v) is 5.36. The molecule has 0 N–H and O–H groups in total. The first-order valence-corrected chi connectivity index (χ1v) is 6.98. The number of fused-ring (bicyclic) bond motifs is 3. The average molecular weight is 276 g/mol. The van der Waals surface area contributed by atoms with Crippen LogP contribution in [0.3, 0.4) is 0 Å². The topological polar surface area (TPSA) is 33.2 Å². The maximum Gasteiger partial charge on any atom is 0.443 e. The highest BCUT2D eigenvalue weighted by molar-refractivity contribution is 6.82. The van der Waals surface area contributed by atoms with Crippen molar-refractivity contribution in [3.8, 4) is 0 Å². The first-order valence-electron chi connectivity index (χ1n) is 6.98. The van der Waals surface area contributed by atoms with Crippen molar-refractivity contribution >= 4 is 35.3 Å². The van der Waals surface area contributed by atoms with Gasteiger partial charge in [-0.1, -0.05) is 6.07 Å². The summed E-state index contributed by atoms with van der Waals surface area (Å²) in [6, 6.07) is 10.2. The third-order valence-corrected chi connectivity index (χ3v) is 4.04. The molecule has 0 saturated heterocycles. The smallest absolute Gasteiger partial charge is 0.443 e. The molecule has 1 aliphatic rings. The summed E-state index contributed by atoms with van der Waals surface area (Å²) in [5.74, 6) is 0. The Morgan fingerprint density at radius 1 is 1.24 bits per heavy atom. The summed E-state index contributed by atoms with van der Waals surface area (Å²) in [6.07, 6.45) is 8.02. The molecule has 4 rings (SSSR count). The highest BCUT2D eigenvalue weighted by Crippen LogP contribution is 2.22. The van der Waals surface area contributed by atoms with Crippen molar-refractivity contribution < 1.29 is 8.98 Å². The molecule has 3 aromatic rings. The van der Waals surface area contributed by atoms with Crippen LogP contribution in [0, 0.1) is 0 Å². The fraction of sp³-hybridized carbons (Fsp3) is 0.125. The molecule has 0 fully saturated rings. The molecule has 0 unspecified atom stereocenters. The summed E-state index contributed by atoms with van der Waals surface area (Å²) in [6.45, 7) is 0.0606. The Kier molecular flexibility index (Phi) is 2.60. The number of nitrogens with zero attached hydrogens (tertiary/aromatic N) is 3. The van der Waals surface area contributed by atoms with Gasteiger partial charge in [0.05, 0.1) is 0 Å². The molecule has 102 valence electrons. The van der Waals surface area contributed by atoms with Crippen LogP contribution in [0.2, 0.25) is 0 Å². The summed E-state index contributed by atoms with van der Waals surface area (Å²) >= 11 is 0. The van der Waals surface area contributed by atoms with Crippen molar-refractivity contribution in [1.82, 2.24) is 9.79 Å². The second kappa shape index (κ2) is 4.48. The standard InChI is InChI=1S/C16H15BN3O/c1-19-10-4-3-7-14(19)17-15-12(8-11-20(17)2)13-6-5-9-18-16(13)21-15/h3-11H,1-2H3/q+1. The summed E-state index contributed by atoms with van der Waals surface area (Å²) in [5.41, 5.74) is 3.97. The molecule has 21 heavy (non-hydrogen) atoms. The van der Waals surface area contributed by atoms with Crippen LogP contribution in [-0.4, -0.2) is 23.7 Å². The largest absolute Gasteiger partial charge is 0.449 e. The highest BCUT2D eigenvalue weighted by atomic mass is 16.3. The molecule has 0 saturated carbocycles. The van der Waals surface area contributed by atoms with Crippen LogP contribution in [0.15, 0.2) is 53.3 Å². The van der Waals surface area contributed by atoms with Crippen molar-refractivity contribution in [3.05, 3.63) is 54.5 Å². The van der Waals surface area contributed by atoms with Crippen LogP contribution >= 0.6 is 0 Å². The van der Waals surface area contributed by atoms with Gasteiger partial charge >= 0.3 is 6.85 Å². The SMILES string of the molecule is CN1C=Cc2c(oc3ncccc23)B1c1cccc[n+]1C. The Morgan fingerprint density at radius 2 is 2.14 bits per heavy atom. The van der Waals surface area contributed by atoms with Crippen LogP contribution in [0.5, 0.6) is 0 Å². The highest BCUT2D eigenvalue weighted by Gasteiger charge is 2.39. The molecular weight excluding hydrogens is 261 g/mol. The van der Waals surface area contributed by atoms with E-state index in [1.807, 2.05) is 12.1 Å². The normalized spacial score (nSPS) is 13.8. The Balaban J connectivity index is 1.98. The van der Waals surface area contributed by atoms with Gasteiger partial charge in [0.15, 0.2) is 11.8 Å². The van der Waals surface area contributed by atoms with Gasteiger partial charge < -0.3 is 9.23 Å². The molecule has 3 aromatic heterocycles. The van der Waals surface area contributed by atoms with Crippen LogP contribution in [0.1, 0.15) is 5.56 Å². The summed E-state index contributed by atoms with van der Waals surface area (Å²) < 4.78 is 8.20. The van der Waals surface area contributed by atoms with E-state index in [4.69, 9.17) is 4.42 Å². The minimum Gasteiger partial charge on any atom is -0.449 e. The van der Waals surface area contributed by atoms with Crippen molar-refractivity contribution in [2.75, 3.05) is 7.05 Å². The molecule has 4 heterocycles. The average Bonchev–Trinajstić information content (AvgIpc) is 2.87. The maximum absolute atomic E-state index is 6.07. The molecule has 0 aliphatic carbocycles. The molecule has 0 aromatic carbocycles. The van der Waals surface area contributed by atoms with Gasteiger partial charge in [-0.15, -0.1) is 0 Å². The number of aryl methyl sites for hydroxylation is 1. The fourth-order valence-electron chi connectivity index (χ4n) is 2.97. The van der Waals surface area contributed by atoms with E-state index >= 15 is 0 Å². The number of rotatable bonds is 1. The lowest BCUT2D eigenvalue weighted by atomic mass is 9.52. The Bertz CT molecular complexity index is 856. The Hall–Kier alpha value is -2.56. The van der Waals surface area contributed by atoms with Gasteiger partial charge in [0.1, 0.15) is 12.7 Å². The van der Waals surface area contributed by atoms with E-state index in [2.05, 4.69) is 65.1 Å². The molecule has 5 heteroatoms. The summed E-state index contributed by atoms with van der Waals surface area (Å²) in [5, 5.41) is 1.07. The number of furan rings is 1. The predicted molar refractivity (Wildman–Crippen MR) is 83.4 cm³/mol. The zero-order valence-corrected chi connectivity index (χ0v) is 12.0. The molecule has 1 aliphatic heterocycles. The quantitative estimate of drug-likeness (QED) is 0.484. The van der Waals surface area contributed by atoms with Crippen molar-refractivity contribution in [1.29, 1.82) is 0 Å². The third-order valence-electron chi connectivity index (χ3n) is 4.04. The summed E-state index contributed by atoms with van der Waals surface area (Å²) in [4.78, 5) is 6.50. The van der Waals surface area contributed by atoms with Gasteiger partial charge in [-0.2, -0.15) is 0 Å². The second-order valence-electron chi connectivity index (χ2n) is 5.36. The van der Waals surface area contributed by atoms with Gasteiger partial charge in [0, 0.05) is 23.2 Å². The van der Waals surface area contributed by atoms with Gasteiger partial charge in [-0.3, -0.25) is 0 Å². The summed E-state index contributed by atoms with van der Waals surface area (Å²) in [7, 11) is 4.12.